The van der Waals surface area contributed by atoms with Gasteiger partial charge in [-0.05, 0) is 352 Å². The smallest absolute Gasteiger partial charge is 0 e. The summed E-state index contributed by atoms with van der Waals surface area (Å²) in [4.78, 5) is 0. The molecule has 0 nitrogen and oxygen atoms in total. The van der Waals surface area contributed by atoms with E-state index in [1.54, 1.807) is 204 Å². The highest BCUT2D eigenvalue weighted by molar-refractivity contribution is 5.27. The maximum absolute atomic E-state index is 2.42. The molecule has 2 aromatic carbocycles. The van der Waals surface area contributed by atoms with Crippen molar-refractivity contribution in [1.82, 2.24) is 0 Å². The van der Waals surface area contributed by atoms with Crippen molar-refractivity contribution < 1.29 is 17.1 Å². The third-order valence-electron chi connectivity index (χ3n) is 38.2. The first kappa shape index (κ1) is 104. The third kappa shape index (κ3) is 38.0. The van der Waals surface area contributed by atoms with E-state index in [1.807, 2.05) is 0 Å². The average Bonchev–Trinajstić information content (AvgIpc) is 0.832. The zero-order chi connectivity index (χ0) is 86.1. The van der Waals surface area contributed by atoms with Crippen LogP contribution in [0, 0.1) is 137 Å². The van der Waals surface area contributed by atoms with Gasteiger partial charge in [-0.25, -0.2) is 0 Å². The molecule has 12 fully saturated rings. The fourth-order valence-electron chi connectivity index (χ4n) is 29.8. The zero-order valence-corrected chi connectivity index (χ0v) is 84.8. The topological polar surface area (TPSA) is 0 Å². The molecular formula is C122H240. The molecule has 2 aromatic rings. The summed E-state index contributed by atoms with van der Waals surface area (Å²) in [5.74, 6) is 25.6. The molecule has 12 aliphatic carbocycles. The van der Waals surface area contributed by atoms with Gasteiger partial charge in [0.15, 0.2) is 0 Å². The van der Waals surface area contributed by atoms with Crippen LogP contribution in [0.3, 0.4) is 0 Å². The van der Waals surface area contributed by atoms with Gasteiger partial charge in [0.05, 0.1) is 0 Å². The lowest BCUT2D eigenvalue weighted by molar-refractivity contribution is 0.140. The van der Waals surface area contributed by atoms with Crippen molar-refractivity contribution in [3.63, 3.8) is 0 Å². The molecule has 0 aromatic heterocycles. The molecule has 0 heteroatoms. The molecular weight excluding hydrogens is 1470 g/mol. The van der Waals surface area contributed by atoms with Gasteiger partial charge in [-0.1, -0.05) is 419 Å². The summed E-state index contributed by atoms with van der Waals surface area (Å²) in [7, 11) is 0. The third-order valence-corrected chi connectivity index (χ3v) is 38.2. The zero-order valence-electron chi connectivity index (χ0n) is 84.8. The minimum atomic E-state index is 0. The van der Waals surface area contributed by atoms with Crippen LogP contribution in [-0.4, -0.2) is 0 Å². The number of unbranched alkanes of at least 4 members (excludes halogenated alkanes) is 5. The summed E-state index contributed by atoms with van der Waals surface area (Å²) in [6.45, 7) is 27.9. The number of hydrogen-bond donors (Lipinski definition) is 0. The lowest BCUT2D eigenvalue weighted by Crippen LogP contribution is -2.25. The summed E-state index contributed by atoms with van der Waals surface area (Å²) in [5, 5.41) is 0. The van der Waals surface area contributed by atoms with Gasteiger partial charge in [0.1, 0.15) is 0 Å². The molecule has 12 aliphatic rings. The van der Waals surface area contributed by atoms with Crippen molar-refractivity contribution in [3.05, 3.63) is 70.8 Å². The lowest BCUT2D eigenvalue weighted by Gasteiger charge is -2.38. The van der Waals surface area contributed by atoms with Crippen molar-refractivity contribution in [1.29, 1.82) is 0 Å². The molecule has 14 rings (SSSR count). The van der Waals surface area contributed by atoms with Gasteiger partial charge in [0.2, 0.25) is 0 Å². The Morgan fingerprint density at radius 3 is 0.566 bits per heavy atom. The highest BCUT2D eigenvalue weighted by atomic mass is 14.4. The highest BCUT2D eigenvalue weighted by Gasteiger charge is 2.38. The van der Waals surface area contributed by atoms with E-state index in [-0.39, 0.29) is 17.1 Å². The van der Waals surface area contributed by atoms with E-state index in [4.69, 9.17) is 0 Å². The van der Waals surface area contributed by atoms with Crippen LogP contribution in [-0.2, 0) is 6.42 Å². The second kappa shape index (κ2) is 62.0. The molecule has 0 aliphatic heterocycles. The Balaban J connectivity index is -0.000000745. The fourth-order valence-corrected chi connectivity index (χ4v) is 29.8. The Bertz CT molecular complexity index is 2740. The van der Waals surface area contributed by atoms with Crippen molar-refractivity contribution in [2.75, 3.05) is 0 Å². The molecule has 0 unspecified atom stereocenters. The maximum Gasteiger partial charge on any atom is 0 e. The summed E-state index contributed by atoms with van der Waals surface area (Å²) in [5.41, 5.74) is 6.11. The van der Waals surface area contributed by atoms with E-state index in [1.165, 1.54) is 294 Å². The second-order valence-corrected chi connectivity index (χ2v) is 46.7. The SMILES string of the molecule is CCCC1CCC(C2CCC(CCC)CC2)CC1.CCCC1CCC(C2CCC(c3ccc(C)cc3)CC2)CC1.CCCCC1CCC(C2CCC(CCC)CC2)CC1.CCCCCC1CCC(C2CCC(CC)CC2)CC1.CCCCCC1CCC(C2CCC(CCC)CC2)CC1.CCCc1ccc(C2CCC(C3CCC(CCC)CC3)CC2)cc1.[HH].[HH].[HH].[HH].[HH].[HH].[HH].[HH].[HH].[HH].[HH].[HH]. The summed E-state index contributed by atoms with van der Waals surface area (Å²) < 4.78 is 0. The van der Waals surface area contributed by atoms with Crippen LogP contribution in [0.25, 0.3) is 0 Å². The number of rotatable bonds is 34. The van der Waals surface area contributed by atoms with Crippen LogP contribution in [0.4, 0.5) is 0 Å². The largest absolute Gasteiger partial charge is 0.0654 e. The lowest BCUT2D eigenvalue weighted by atomic mass is 9.68. The molecule has 0 saturated heterocycles. The van der Waals surface area contributed by atoms with E-state index >= 15 is 0 Å². The first-order chi connectivity index (χ1) is 59.9. The van der Waals surface area contributed by atoms with Gasteiger partial charge in [-0.2, -0.15) is 0 Å². The molecule has 0 spiro atoms. The molecule has 0 amide bonds. The Hall–Kier alpha value is -1.56. The minimum Gasteiger partial charge on any atom is -0.0654 e. The second-order valence-electron chi connectivity index (χ2n) is 46.7. The van der Waals surface area contributed by atoms with Gasteiger partial charge in [0.25, 0.3) is 0 Å². The van der Waals surface area contributed by atoms with Gasteiger partial charge >= 0.3 is 0 Å². The highest BCUT2D eigenvalue weighted by Crippen LogP contribution is 2.51. The molecule has 12 saturated carbocycles. The van der Waals surface area contributed by atoms with Gasteiger partial charge in [0, 0.05) is 17.1 Å². The predicted molar refractivity (Wildman–Crippen MR) is 568 cm³/mol. The Labute approximate surface area is 783 Å². The van der Waals surface area contributed by atoms with E-state index in [0.29, 0.717) is 0 Å². The normalized spacial score (nSPS) is 34.7. The fraction of sp³-hybridized carbons (Fsp3) is 0.902. The Morgan fingerprint density at radius 1 is 0.180 bits per heavy atom. The Kier molecular flexibility index (Phi) is 52.9. The monoisotopic (exact) mass is 1710 g/mol. The maximum atomic E-state index is 2.42. The number of hydrogen-bond acceptors (Lipinski definition) is 0. The summed E-state index contributed by atoms with van der Waals surface area (Å²) >= 11 is 0. The van der Waals surface area contributed by atoms with E-state index in [9.17, 15) is 0 Å². The first-order valence-electron chi connectivity index (χ1n) is 58.0. The van der Waals surface area contributed by atoms with Crippen LogP contribution in [0.2, 0.25) is 0 Å². The first-order valence-corrected chi connectivity index (χ1v) is 58.0. The molecule has 0 N–H and O–H groups in total. The molecule has 122 heavy (non-hydrogen) atoms. The van der Waals surface area contributed by atoms with Gasteiger partial charge in [-0.3, -0.25) is 0 Å². The van der Waals surface area contributed by atoms with Gasteiger partial charge in [-0.15, -0.1) is 0 Å². The minimum absolute atomic E-state index is 0. The van der Waals surface area contributed by atoms with E-state index < -0.39 is 0 Å². The number of aryl methyl sites for hydroxylation is 2. The van der Waals surface area contributed by atoms with Crippen LogP contribution in [0.5, 0.6) is 0 Å². The van der Waals surface area contributed by atoms with E-state index in [0.717, 1.165) is 142 Å². The predicted octanol–water partition coefficient (Wildman–Crippen LogP) is 43.7. The Morgan fingerprint density at radius 2 is 0.369 bits per heavy atom. The number of benzene rings is 2. The molecule has 728 valence electrons. The van der Waals surface area contributed by atoms with Crippen molar-refractivity contribution in [2.45, 2.75) is 570 Å². The van der Waals surface area contributed by atoms with E-state index in [2.05, 4.69) is 132 Å². The molecule has 0 heterocycles. The summed E-state index contributed by atoms with van der Waals surface area (Å²) in [6, 6.07) is 18.9. The van der Waals surface area contributed by atoms with Crippen molar-refractivity contribution in [3.8, 4) is 0 Å². The van der Waals surface area contributed by atoms with Crippen molar-refractivity contribution >= 4 is 0 Å². The van der Waals surface area contributed by atoms with Crippen molar-refractivity contribution in [2.24, 2.45) is 130 Å². The van der Waals surface area contributed by atoms with Crippen LogP contribution in [0.1, 0.15) is 596 Å². The average molecular weight is 1710 g/mol. The van der Waals surface area contributed by atoms with Crippen LogP contribution < -0.4 is 0 Å². The van der Waals surface area contributed by atoms with Crippen LogP contribution in [0.15, 0.2) is 48.5 Å². The quantitative estimate of drug-likeness (QED) is 0.0613. The van der Waals surface area contributed by atoms with Gasteiger partial charge < -0.3 is 0 Å². The molecule has 0 bridgehead atoms. The molecule has 0 atom stereocenters. The summed E-state index contributed by atoms with van der Waals surface area (Å²) in [6.07, 6.45) is 111. The van der Waals surface area contributed by atoms with Crippen LogP contribution >= 0.6 is 0 Å². The standard InChI is InChI=1S/C24H38.C22H34.C20H38.2C19H36.C18H34.12H2/c1-3-5-19-7-11-21(12-8-19)23-15-17-24(18-16-23)22-13-9-20(6-4-2)10-14-22;1-3-4-18-7-11-20(12-8-18)22-15-13-21(14-16-22)19-9-5-17(2)6-10-19;1-3-5-6-8-18-11-15-20(16-12-18)19-13-9-17(7-4-2)10-14-19;1-3-5-6-7-17-10-14-19(15-11-17)18-12-8-16(4-2)9-13-18;1-3-5-7-17-10-14-19(15-11-17)18-12-8-16(6-4-2)9-13-18;1-3-5-15-7-11-17(12-8-15)18-13-9-16(6-4-2)10-14-18;;;;;;;;;;;;/h7-8,11-12,20,22-24H,3-6,9-10,13-18H2,1-2H3;5-6,9-10,18,20-22H,3-4,7-8,11-16H2,1-2H3;17-20H,3-16H2,1-2H3;2*16-19H,3-15H2,1-2H3;15-18H,3-14H2,1-2H3;12*1H. The molecule has 0 radical (unpaired) electrons.